The smallest absolute Gasteiger partial charge is 0.173 e. The summed E-state index contributed by atoms with van der Waals surface area (Å²) >= 11 is 11.6. The van der Waals surface area contributed by atoms with Crippen molar-refractivity contribution in [2.24, 2.45) is 11.8 Å². The zero-order chi connectivity index (χ0) is 14.1. The Kier molecular flexibility index (Phi) is 3.99. The van der Waals surface area contributed by atoms with E-state index in [0.717, 1.165) is 46.3 Å². The van der Waals surface area contributed by atoms with Crippen LogP contribution in [0.15, 0.2) is 30.4 Å². The molecule has 1 N–H and O–H groups in total. The number of anilines is 1. The lowest BCUT2D eigenvalue weighted by Gasteiger charge is -2.21. The van der Waals surface area contributed by atoms with E-state index >= 15 is 0 Å². The standard InChI is InChI=1S/C16H19ClN2S/c1-11-8-14(17)6-7-15(11)18-16(20)19-9-12-4-2-3-5-13(12)10-19/h2-3,6-8,12-13H,4-5,9-10H2,1H3,(H,18,20). The number of rotatable bonds is 1. The summed E-state index contributed by atoms with van der Waals surface area (Å²) in [5.74, 6) is 1.54. The summed E-state index contributed by atoms with van der Waals surface area (Å²) < 4.78 is 0. The normalized spacial score (nSPS) is 24.6. The largest absolute Gasteiger partial charge is 0.348 e. The molecule has 1 aliphatic heterocycles. The molecule has 1 heterocycles. The summed E-state index contributed by atoms with van der Waals surface area (Å²) in [6, 6.07) is 5.85. The topological polar surface area (TPSA) is 15.3 Å². The number of nitrogens with one attached hydrogen (secondary N) is 1. The highest BCUT2D eigenvalue weighted by molar-refractivity contribution is 7.80. The van der Waals surface area contributed by atoms with E-state index in [4.69, 9.17) is 23.8 Å². The first-order chi connectivity index (χ1) is 9.63. The lowest BCUT2D eigenvalue weighted by molar-refractivity contribution is 0.411. The molecular formula is C16H19ClN2S. The van der Waals surface area contributed by atoms with E-state index in [2.05, 4.69) is 22.4 Å². The van der Waals surface area contributed by atoms with Crippen LogP contribution in [0.25, 0.3) is 0 Å². The summed E-state index contributed by atoms with van der Waals surface area (Å²) in [5, 5.41) is 4.97. The van der Waals surface area contributed by atoms with Crippen LogP contribution in [0.4, 0.5) is 5.69 Å². The molecule has 0 amide bonds. The van der Waals surface area contributed by atoms with Gasteiger partial charge in [0.15, 0.2) is 5.11 Å². The number of hydrogen-bond acceptors (Lipinski definition) is 1. The van der Waals surface area contributed by atoms with E-state index < -0.39 is 0 Å². The number of hydrogen-bond donors (Lipinski definition) is 1. The van der Waals surface area contributed by atoms with Crippen LogP contribution in [-0.2, 0) is 0 Å². The molecule has 1 saturated heterocycles. The number of halogens is 1. The molecule has 2 unspecified atom stereocenters. The maximum absolute atomic E-state index is 5.99. The number of thiocarbonyl (C=S) groups is 1. The summed E-state index contributed by atoms with van der Waals surface area (Å²) in [6.07, 6.45) is 7.02. The van der Waals surface area contributed by atoms with Crippen molar-refractivity contribution in [3.63, 3.8) is 0 Å². The molecule has 2 aliphatic rings. The van der Waals surface area contributed by atoms with Crippen molar-refractivity contribution in [3.05, 3.63) is 40.9 Å². The second-order valence-corrected chi connectivity index (χ2v) is 6.58. The van der Waals surface area contributed by atoms with Crippen LogP contribution in [0.3, 0.4) is 0 Å². The van der Waals surface area contributed by atoms with Crippen LogP contribution in [0.1, 0.15) is 18.4 Å². The third kappa shape index (κ3) is 2.84. The molecule has 1 aromatic rings. The molecule has 3 rings (SSSR count). The Hall–Kier alpha value is -1.06. The van der Waals surface area contributed by atoms with Gasteiger partial charge in [-0.25, -0.2) is 0 Å². The molecule has 0 bridgehead atoms. The van der Waals surface area contributed by atoms with Gasteiger partial charge in [-0.15, -0.1) is 0 Å². The van der Waals surface area contributed by atoms with E-state index in [9.17, 15) is 0 Å². The molecule has 0 radical (unpaired) electrons. The van der Waals surface area contributed by atoms with Gasteiger partial charge in [-0.2, -0.15) is 0 Å². The monoisotopic (exact) mass is 306 g/mol. The summed E-state index contributed by atoms with van der Waals surface area (Å²) in [4.78, 5) is 2.31. The average Bonchev–Trinajstić information content (AvgIpc) is 2.86. The summed E-state index contributed by atoms with van der Waals surface area (Å²) in [6.45, 7) is 4.20. The van der Waals surface area contributed by atoms with Crippen molar-refractivity contribution in [2.45, 2.75) is 19.8 Å². The van der Waals surface area contributed by atoms with Crippen molar-refractivity contribution in [3.8, 4) is 0 Å². The predicted molar refractivity (Wildman–Crippen MR) is 89.3 cm³/mol. The van der Waals surface area contributed by atoms with Gasteiger partial charge in [-0.3, -0.25) is 0 Å². The first-order valence-corrected chi connectivity index (χ1v) is 7.89. The first-order valence-electron chi connectivity index (χ1n) is 7.10. The Morgan fingerprint density at radius 2 is 1.90 bits per heavy atom. The molecule has 1 fully saturated rings. The van der Waals surface area contributed by atoms with E-state index in [1.807, 2.05) is 25.1 Å². The SMILES string of the molecule is Cc1cc(Cl)ccc1NC(=S)N1CC2CC=CCC2C1. The van der Waals surface area contributed by atoms with E-state index in [0.29, 0.717) is 0 Å². The fourth-order valence-corrected chi connectivity index (χ4v) is 3.63. The number of likely N-dealkylation sites (tertiary alicyclic amines) is 1. The highest BCUT2D eigenvalue weighted by Gasteiger charge is 2.33. The zero-order valence-corrected chi connectivity index (χ0v) is 13.2. The van der Waals surface area contributed by atoms with Crippen LogP contribution in [0.2, 0.25) is 5.02 Å². The van der Waals surface area contributed by atoms with Gasteiger partial charge in [-0.1, -0.05) is 23.8 Å². The number of allylic oxidation sites excluding steroid dienone is 2. The maximum atomic E-state index is 5.99. The highest BCUT2D eigenvalue weighted by Crippen LogP contribution is 2.33. The van der Waals surface area contributed by atoms with Crippen LogP contribution in [-0.4, -0.2) is 23.1 Å². The first kappa shape index (κ1) is 13.9. The molecule has 0 spiro atoms. The number of aryl methyl sites for hydroxylation is 1. The van der Waals surface area contributed by atoms with Crippen molar-refractivity contribution < 1.29 is 0 Å². The van der Waals surface area contributed by atoms with E-state index in [1.165, 1.54) is 12.8 Å². The summed E-state index contributed by atoms with van der Waals surface area (Å²) in [7, 11) is 0. The van der Waals surface area contributed by atoms with Crippen molar-refractivity contribution in [1.29, 1.82) is 0 Å². The van der Waals surface area contributed by atoms with Crippen LogP contribution in [0.5, 0.6) is 0 Å². The molecule has 1 aliphatic carbocycles. The number of benzene rings is 1. The lowest BCUT2D eigenvalue weighted by Crippen LogP contribution is -2.33. The number of fused-ring (bicyclic) bond motifs is 1. The van der Waals surface area contributed by atoms with Gasteiger partial charge in [0.2, 0.25) is 0 Å². The third-order valence-electron chi connectivity index (χ3n) is 4.34. The Balaban J connectivity index is 1.65. The minimum absolute atomic E-state index is 0.761. The number of nitrogens with zero attached hydrogens (tertiary/aromatic N) is 1. The van der Waals surface area contributed by atoms with Crippen molar-refractivity contribution in [2.75, 3.05) is 18.4 Å². The molecule has 4 heteroatoms. The quantitative estimate of drug-likeness (QED) is 0.617. The molecule has 2 atom stereocenters. The van der Waals surface area contributed by atoms with Gasteiger partial charge >= 0.3 is 0 Å². The lowest BCUT2D eigenvalue weighted by atomic mass is 9.86. The van der Waals surface area contributed by atoms with E-state index in [-0.39, 0.29) is 0 Å². The Bertz CT molecular complexity index is 539. The molecule has 0 saturated carbocycles. The maximum Gasteiger partial charge on any atom is 0.173 e. The Morgan fingerprint density at radius 1 is 1.25 bits per heavy atom. The Labute approximate surface area is 130 Å². The third-order valence-corrected chi connectivity index (χ3v) is 4.93. The van der Waals surface area contributed by atoms with Crippen LogP contribution < -0.4 is 5.32 Å². The fraction of sp³-hybridized carbons (Fsp3) is 0.438. The molecule has 1 aromatic carbocycles. The van der Waals surface area contributed by atoms with Crippen LogP contribution >= 0.6 is 23.8 Å². The van der Waals surface area contributed by atoms with Gasteiger partial charge in [0.1, 0.15) is 0 Å². The van der Waals surface area contributed by atoms with E-state index in [1.54, 1.807) is 0 Å². The molecule has 2 nitrogen and oxygen atoms in total. The molecular weight excluding hydrogens is 288 g/mol. The second kappa shape index (κ2) is 5.74. The molecule has 20 heavy (non-hydrogen) atoms. The molecule has 106 valence electrons. The fourth-order valence-electron chi connectivity index (χ4n) is 3.14. The van der Waals surface area contributed by atoms with Gasteiger partial charge < -0.3 is 10.2 Å². The minimum Gasteiger partial charge on any atom is -0.348 e. The average molecular weight is 307 g/mol. The second-order valence-electron chi connectivity index (χ2n) is 5.76. The molecule has 0 aromatic heterocycles. The van der Waals surface area contributed by atoms with Crippen molar-refractivity contribution >= 4 is 34.6 Å². The minimum atomic E-state index is 0.761. The van der Waals surface area contributed by atoms with Gasteiger partial charge in [0.25, 0.3) is 0 Å². The van der Waals surface area contributed by atoms with Gasteiger partial charge in [-0.05, 0) is 67.6 Å². The van der Waals surface area contributed by atoms with Crippen LogP contribution in [0, 0.1) is 18.8 Å². The predicted octanol–water partition coefficient (Wildman–Crippen LogP) is 4.24. The van der Waals surface area contributed by atoms with Gasteiger partial charge in [0, 0.05) is 23.8 Å². The van der Waals surface area contributed by atoms with Gasteiger partial charge in [0.05, 0.1) is 0 Å². The van der Waals surface area contributed by atoms with Crippen molar-refractivity contribution in [1.82, 2.24) is 4.90 Å². The highest BCUT2D eigenvalue weighted by atomic mass is 35.5. The zero-order valence-electron chi connectivity index (χ0n) is 11.6. The summed E-state index contributed by atoms with van der Waals surface area (Å²) in [5.41, 5.74) is 2.17. The Morgan fingerprint density at radius 3 is 2.50 bits per heavy atom.